The molecule has 1 aliphatic carbocycles. The molecule has 0 atom stereocenters. The van der Waals surface area contributed by atoms with Gasteiger partial charge < -0.3 is 20.3 Å². The van der Waals surface area contributed by atoms with Gasteiger partial charge in [0.1, 0.15) is 0 Å². The van der Waals surface area contributed by atoms with Gasteiger partial charge >= 0.3 is 0 Å². The van der Waals surface area contributed by atoms with E-state index in [1.807, 2.05) is 18.2 Å². The molecule has 1 amide bonds. The van der Waals surface area contributed by atoms with E-state index in [2.05, 4.69) is 39.5 Å². The number of ether oxygens (including phenoxy) is 1. The summed E-state index contributed by atoms with van der Waals surface area (Å²) < 4.78 is 5.73. The highest BCUT2D eigenvalue weighted by atomic mass is 16.5. The highest BCUT2D eigenvalue weighted by molar-refractivity contribution is 5.80. The molecule has 7 heteroatoms. The van der Waals surface area contributed by atoms with Gasteiger partial charge in [0, 0.05) is 38.8 Å². The van der Waals surface area contributed by atoms with Crippen molar-refractivity contribution in [3.05, 3.63) is 35.9 Å². The third kappa shape index (κ3) is 7.13. The number of amides is 1. The van der Waals surface area contributed by atoms with E-state index in [0.717, 1.165) is 51.5 Å². The molecule has 2 fully saturated rings. The zero-order chi connectivity index (χ0) is 19.6. The quantitative estimate of drug-likeness (QED) is 0.377. The van der Waals surface area contributed by atoms with E-state index >= 15 is 0 Å². The molecule has 7 nitrogen and oxygen atoms in total. The molecule has 2 aliphatic rings. The lowest BCUT2D eigenvalue weighted by Gasteiger charge is -2.36. The molecule has 1 aromatic carbocycles. The first-order valence-electron chi connectivity index (χ1n) is 10.4. The Hall–Kier alpha value is -2.12. The summed E-state index contributed by atoms with van der Waals surface area (Å²) in [5, 5.41) is 6.44. The number of carbonyl (C=O) groups excluding carboxylic acids is 1. The number of benzene rings is 1. The number of hydrogen-bond acceptors (Lipinski definition) is 4. The fraction of sp³-hybridized carbons (Fsp3) is 0.619. The largest absolute Gasteiger partial charge is 0.375 e. The Labute approximate surface area is 168 Å². The lowest BCUT2D eigenvalue weighted by atomic mass is 10.2. The van der Waals surface area contributed by atoms with Gasteiger partial charge in [0.2, 0.25) is 5.91 Å². The lowest BCUT2D eigenvalue weighted by molar-refractivity contribution is -0.122. The van der Waals surface area contributed by atoms with Gasteiger partial charge in [0.25, 0.3) is 0 Å². The molecule has 2 N–H and O–H groups in total. The van der Waals surface area contributed by atoms with Crippen molar-refractivity contribution in [2.24, 2.45) is 4.99 Å². The van der Waals surface area contributed by atoms with E-state index in [1.165, 1.54) is 5.56 Å². The van der Waals surface area contributed by atoms with E-state index < -0.39 is 0 Å². The molecule has 1 aliphatic heterocycles. The van der Waals surface area contributed by atoms with Crippen LogP contribution >= 0.6 is 0 Å². The van der Waals surface area contributed by atoms with Gasteiger partial charge in [-0.15, -0.1) is 0 Å². The summed E-state index contributed by atoms with van der Waals surface area (Å²) in [6.07, 6.45) is 2.27. The fourth-order valence-electron chi connectivity index (χ4n) is 3.23. The molecule has 0 bridgehead atoms. The van der Waals surface area contributed by atoms with Gasteiger partial charge in [-0.25, -0.2) is 0 Å². The molecule has 0 radical (unpaired) electrons. The van der Waals surface area contributed by atoms with E-state index in [-0.39, 0.29) is 5.91 Å². The number of rotatable bonds is 9. The summed E-state index contributed by atoms with van der Waals surface area (Å²) in [7, 11) is 0. The average molecular weight is 388 g/mol. The average Bonchev–Trinajstić information content (AvgIpc) is 3.52. The van der Waals surface area contributed by atoms with Crippen LogP contribution in [-0.4, -0.2) is 80.1 Å². The second-order valence-electron chi connectivity index (χ2n) is 7.38. The van der Waals surface area contributed by atoms with Crippen LogP contribution in [0, 0.1) is 0 Å². The highest BCUT2D eigenvalue weighted by Crippen LogP contribution is 2.18. The number of guanidine groups is 1. The summed E-state index contributed by atoms with van der Waals surface area (Å²) in [6.45, 7) is 8.82. The lowest BCUT2D eigenvalue weighted by Crippen LogP contribution is -2.54. The van der Waals surface area contributed by atoms with Crippen molar-refractivity contribution in [1.29, 1.82) is 0 Å². The topological polar surface area (TPSA) is 69.2 Å². The van der Waals surface area contributed by atoms with Crippen LogP contribution in [0.25, 0.3) is 0 Å². The Bertz CT molecular complexity index is 625. The number of carbonyl (C=O) groups is 1. The van der Waals surface area contributed by atoms with Crippen molar-refractivity contribution in [3.8, 4) is 0 Å². The second kappa shape index (κ2) is 11.0. The van der Waals surface area contributed by atoms with E-state index in [0.29, 0.717) is 32.3 Å². The standard InChI is InChI=1S/C21H33N5O2/c1-2-22-21(23-10-15-28-17-18-6-4-3-5-7-18)26-13-11-25(12-14-26)16-20(27)24-19-8-9-19/h3-7,19H,2,8-17H2,1H3,(H,22,23)(H,24,27). The number of nitrogens with zero attached hydrogens (tertiary/aromatic N) is 3. The maximum Gasteiger partial charge on any atom is 0.234 e. The molecule has 3 rings (SSSR count). The number of nitrogens with one attached hydrogen (secondary N) is 2. The monoisotopic (exact) mass is 387 g/mol. The summed E-state index contributed by atoms with van der Waals surface area (Å²) >= 11 is 0. The zero-order valence-corrected chi connectivity index (χ0v) is 16.9. The normalized spacial score (nSPS) is 18.2. The van der Waals surface area contributed by atoms with Crippen molar-refractivity contribution in [1.82, 2.24) is 20.4 Å². The molecule has 28 heavy (non-hydrogen) atoms. The van der Waals surface area contributed by atoms with Crippen LogP contribution in [-0.2, 0) is 16.1 Å². The van der Waals surface area contributed by atoms with Gasteiger partial charge in [-0.3, -0.25) is 14.7 Å². The molecule has 0 spiro atoms. The Morgan fingerprint density at radius 2 is 1.93 bits per heavy atom. The molecule has 0 aromatic heterocycles. The van der Waals surface area contributed by atoms with Crippen LogP contribution < -0.4 is 10.6 Å². The van der Waals surface area contributed by atoms with Gasteiger partial charge in [-0.2, -0.15) is 0 Å². The van der Waals surface area contributed by atoms with Crippen LogP contribution in [0.15, 0.2) is 35.3 Å². The summed E-state index contributed by atoms with van der Waals surface area (Å²) in [6, 6.07) is 10.6. The zero-order valence-electron chi connectivity index (χ0n) is 16.9. The first-order chi connectivity index (χ1) is 13.7. The van der Waals surface area contributed by atoms with Crippen molar-refractivity contribution in [3.63, 3.8) is 0 Å². The van der Waals surface area contributed by atoms with Crippen LogP contribution in [0.4, 0.5) is 0 Å². The Balaban J connectivity index is 1.37. The smallest absolute Gasteiger partial charge is 0.234 e. The minimum Gasteiger partial charge on any atom is -0.375 e. The van der Waals surface area contributed by atoms with Crippen molar-refractivity contribution in [2.75, 3.05) is 52.4 Å². The molecule has 154 valence electrons. The van der Waals surface area contributed by atoms with E-state index in [4.69, 9.17) is 9.73 Å². The van der Waals surface area contributed by atoms with Crippen LogP contribution in [0.1, 0.15) is 25.3 Å². The van der Waals surface area contributed by atoms with Crippen molar-refractivity contribution >= 4 is 11.9 Å². The Morgan fingerprint density at radius 3 is 2.61 bits per heavy atom. The SMILES string of the molecule is CCNC(=NCCOCc1ccccc1)N1CCN(CC(=O)NC2CC2)CC1. The number of hydrogen-bond donors (Lipinski definition) is 2. The predicted octanol–water partition coefficient (Wildman–Crippen LogP) is 1.06. The molecule has 0 unspecified atom stereocenters. The number of piperazine rings is 1. The van der Waals surface area contributed by atoms with Crippen LogP contribution in [0.5, 0.6) is 0 Å². The third-order valence-corrected chi connectivity index (χ3v) is 4.93. The molecular formula is C21H33N5O2. The highest BCUT2D eigenvalue weighted by Gasteiger charge is 2.25. The summed E-state index contributed by atoms with van der Waals surface area (Å²) in [4.78, 5) is 21.2. The number of aliphatic imine (C=N–C) groups is 1. The molecule has 1 heterocycles. The maximum atomic E-state index is 12.0. The fourth-order valence-corrected chi connectivity index (χ4v) is 3.23. The van der Waals surface area contributed by atoms with Crippen molar-refractivity contribution in [2.45, 2.75) is 32.4 Å². The predicted molar refractivity (Wildman–Crippen MR) is 111 cm³/mol. The van der Waals surface area contributed by atoms with Crippen LogP contribution in [0.2, 0.25) is 0 Å². The van der Waals surface area contributed by atoms with Gasteiger partial charge in [0.05, 0.1) is 26.3 Å². The first-order valence-corrected chi connectivity index (χ1v) is 10.4. The first kappa shape index (κ1) is 20.6. The van der Waals surface area contributed by atoms with E-state index in [9.17, 15) is 4.79 Å². The Kier molecular flexibility index (Phi) is 8.11. The Morgan fingerprint density at radius 1 is 1.18 bits per heavy atom. The second-order valence-corrected chi connectivity index (χ2v) is 7.38. The molecule has 1 aromatic rings. The minimum absolute atomic E-state index is 0.159. The van der Waals surface area contributed by atoms with Crippen molar-refractivity contribution < 1.29 is 9.53 Å². The van der Waals surface area contributed by atoms with Gasteiger partial charge in [-0.1, -0.05) is 30.3 Å². The maximum absolute atomic E-state index is 12.0. The molecular weight excluding hydrogens is 354 g/mol. The summed E-state index contributed by atoms with van der Waals surface area (Å²) in [5.74, 6) is 1.10. The summed E-state index contributed by atoms with van der Waals surface area (Å²) in [5.41, 5.74) is 1.18. The molecule has 1 saturated carbocycles. The van der Waals surface area contributed by atoms with Gasteiger partial charge in [-0.05, 0) is 25.3 Å². The van der Waals surface area contributed by atoms with Gasteiger partial charge in [0.15, 0.2) is 5.96 Å². The van der Waals surface area contributed by atoms with E-state index in [1.54, 1.807) is 0 Å². The minimum atomic E-state index is 0.159. The van der Waals surface area contributed by atoms with Crippen LogP contribution in [0.3, 0.4) is 0 Å². The molecule has 1 saturated heterocycles. The third-order valence-electron chi connectivity index (χ3n) is 4.93.